The molecule has 0 bridgehead atoms. The summed E-state index contributed by atoms with van der Waals surface area (Å²) in [5, 5.41) is 12.3. The van der Waals surface area contributed by atoms with Crippen LogP contribution in [-0.4, -0.2) is 21.6 Å². The number of hydrogen-bond donors (Lipinski definition) is 2. The van der Waals surface area contributed by atoms with E-state index in [0.29, 0.717) is 27.9 Å². The van der Waals surface area contributed by atoms with Gasteiger partial charge in [-0.1, -0.05) is 6.07 Å². The average molecular weight is 409 g/mol. The maximum atomic E-state index is 12.9. The number of aromatic nitrogens is 2. The van der Waals surface area contributed by atoms with Crippen molar-refractivity contribution in [2.45, 2.75) is 45.1 Å². The third-order valence-corrected chi connectivity index (χ3v) is 5.61. The highest BCUT2D eigenvalue weighted by atomic mass is 32.1. The van der Waals surface area contributed by atoms with E-state index in [9.17, 15) is 9.59 Å². The molecule has 2 heterocycles. The summed E-state index contributed by atoms with van der Waals surface area (Å²) in [5.41, 5.74) is 2.62. The van der Waals surface area contributed by atoms with E-state index in [2.05, 4.69) is 15.7 Å². The first kappa shape index (κ1) is 19.4. The number of carbonyl (C=O) groups excluding carboxylic acids is 2. The third kappa shape index (κ3) is 4.40. The first-order valence-electron chi connectivity index (χ1n) is 9.68. The van der Waals surface area contributed by atoms with Crippen molar-refractivity contribution in [2.75, 3.05) is 10.6 Å². The minimum atomic E-state index is -0.282. The lowest BCUT2D eigenvalue weighted by Gasteiger charge is -2.22. The maximum absolute atomic E-state index is 12.9. The third-order valence-electron chi connectivity index (χ3n) is 4.74. The smallest absolute Gasteiger partial charge is 0.273 e. The normalized spacial score (nSPS) is 13.9. The molecule has 150 valence electrons. The molecule has 0 spiro atoms. The summed E-state index contributed by atoms with van der Waals surface area (Å²) in [6, 6.07) is 12.6. The van der Waals surface area contributed by atoms with Crippen molar-refractivity contribution in [1.82, 2.24) is 9.78 Å². The van der Waals surface area contributed by atoms with Gasteiger partial charge in [0, 0.05) is 17.3 Å². The summed E-state index contributed by atoms with van der Waals surface area (Å²) in [7, 11) is 0. The minimum Gasteiger partial charge on any atom is -0.321 e. The van der Waals surface area contributed by atoms with Crippen LogP contribution in [0.25, 0.3) is 0 Å². The number of nitrogens with one attached hydrogen (secondary N) is 2. The van der Waals surface area contributed by atoms with Gasteiger partial charge in [0.25, 0.3) is 11.8 Å². The van der Waals surface area contributed by atoms with Crippen molar-refractivity contribution < 1.29 is 9.59 Å². The van der Waals surface area contributed by atoms with Gasteiger partial charge in [0.2, 0.25) is 0 Å². The van der Waals surface area contributed by atoms with E-state index in [1.54, 1.807) is 30.3 Å². The molecule has 2 amide bonds. The quantitative estimate of drug-likeness (QED) is 0.618. The Hall–Kier alpha value is -2.93. The summed E-state index contributed by atoms with van der Waals surface area (Å²) < 4.78 is 1.81. The number of benzene rings is 1. The van der Waals surface area contributed by atoms with Crippen molar-refractivity contribution in [3.63, 3.8) is 0 Å². The van der Waals surface area contributed by atoms with E-state index in [-0.39, 0.29) is 17.4 Å². The summed E-state index contributed by atoms with van der Waals surface area (Å²) in [5.74, 6) is 0.157. The summed E-state index contributed by atoms with van der Waals surface area (Å²) >= 11 is 1.39. The van der Waals surface area contributed by atoms with Crippen LogP contribution in [0.4, 0.5) is 11.4 Å². The maximum Gasteiger partial charge on any atom is 0.273 e. The zero-order chi connectivity index (χ0) is 20.6. The van der Waals surface area contributed by atoms with E-state index in [1.807, 2.05) is 43.0 Å². The molecular weight excluding hydrogens is 384 g/mol. The van der Waals surface area contributed by atoms with Crippen molar-refractivity contribution in [2.24, 2.45) is 0 Å². The lowest BCUT2D eigenvalue weighted by molar-refractivity contribution is 0.100. The second kappa shape index (κ2) is 7.48. The Bertz CT molecular complexity index is 1030. The Morgan fingerprint density at radius 2 is 1.66 bits per heavy atom. The fourth-order valence-corrected chi connectivity index (χ4v) is 3.70. The molecule has 1 fully saturated rings. The van der Waals surface area contributed by atoms with E-state index in [1.165, 1.54) is 11.3 Å². The Morgan fingerprint density at radius 3 is 2.17 bits per heavy atom. The van der Waals surface area contributed by atoms with E-state index >= 15 is 0 Å². The molecule has 29 heavy (non-hydrogen) atoms. The van der Waals surface area contributed by atoms with Crippen LogP contribution < -0.4 is 10.6 Å². The number of hydrogen-bond acceptors (Lipinski definition) is 4. The number of anilines is 2. The predicted molar refractivity (Wildman–Crippen MR) is 116 cm³/mol. The van der Waals surface area contributed by atoms with E-state index in [4.69, 9.17) is 0 Å². The van der Waals surface area contributed by atoms with Gasteiger partial charge in [-0.25, -0.2) is 0 Å². The predicted octanol–water partition coefficient (Wildman–Crippen LogP) is 5.08. The molecule has 1 aromatic carbocycles. The molecule has 0 aliphatic heterocycles. The molecule has 1 aliphatic carbocycles. The highest BCUT2D eigenvalue weighted by Gasteiger charge is 2.31. The summed E-state index contributed by atoms with van der Waals surface area (Å²) in [6.07, 6.45) is 2.28. The van der Waals surface area contributed by atoms with Gasteiger partial charge < -0.3 is 10.6 Å². The van der Waals surface area contributed by atoms with Gasteiger partial charge in [0.05, 0.1) is 16.1 Å². The molecule has 0 saturated heterocycles. The van der Waals surface area contributed by atoms with Gasteiger partial charge in [-0.2, -0.15) is 5.10 Å². The molecule has 0 unspecified atom stereocenters. The van der Waals surface area contributed by atoms with Gasteiger partial charge in [0.15, 0.2) is 0 Å². The van der Waals surface area contributed by atoms with Crippen LogP contribution in [-0.2, 0) is 5.54 Å². The molecule has 0 radical (unpaired) electrons. The van der Waals surface area contributed by atoms with Gasteiger partial charge >= 0.3 is 0 Å². The molecular formula is C22H24N4O2S. The van der Waals surface area contributed by atoms with E-state index < -0.39 is 0 Å². The Labute approximate surface area is 173 Å². The first-order chi connectivity index (χ1) is 13.8. The van der Waals surface area contributed by atoms with Crippen LogP contribution in [0.1, 0.15) is 65.4 Å². The number of carbonyl (C=O) groups is 2. The fraction of sp³-hybridized carbons (Fsp3) is 0.318. The standard InChI is InChI=1S/C22H24N4O2S/c1-22(2,3)26-18(13-17(25-26)14-6-7-14)20(27)23-15-8-10-16(11-9-15)24-21(28)19-5-4-12-29-19/h4-5,8-14H,6-7H2,1-3H3,(H,23,27)(H,24,28). The number of rotatable bonds is 5. The van der Waals surface area contributed by atoms with Crippen molar-refractivity contribution in [3.8, 4) is 0 Å². The van der Waals surface area contributed by atoms with Gasteiger partial charge in [-0.05, 0) is 75.4 Å². The molecule has 1 saturated carbocycles. The lowest BCUT2D eigenvalue weighted by Crippen LogP contribution is -2.29. The van der Waals surface area contributed by atoms with E-state index in [0.717, 1.165) is 18.5 Å². The van der Waals surface area contributed by atoms with Crippen LogP contribution in [0, 0.1) is 0 Å². The van der Waals surface area contributed by atoms with Gasteiger partial charge in [-0.15, -0.1) is 11.3 Å². The lowest BCUT2D eigenvalue weighted by atomic mass is 10.1. The Balaban J connectivity index is 1.47. The molecule has 7 heteroatoms. The topological polar surface area (TPSA) is 76.0 Å². The molecule has 2 aromatic heterocycles. The molecule has 0 atom stereocenters. The Kier molecular flexibility index (Phi) is 5.00. The van der Waals surface area contributed by atoms with Crippen LogP contribution in [0.5, 0.6) is 0 Å². The first-order valence-corrected chi connectivity index (χ1v) is 10.6. The number of thiophene rings is 1. The van der Waals surface area contributed by atoms with Gasteiger partial charge in [0.1, 0.15) is 5.69 Å². The summed E-state index contributed by atoms with van der Waals surface area (Å²) in [4.78, 5) is 25.7. The monoisotopic (exact) mass is 408 g/mol. The van der Waals surface area contributed by atoms with Crippen LogP contribution in [0.3, 0.4) is 0 Å². The van der Waals surface area contributed by atoms with Crippen molar-refractivity contribution in [1.29, 1.82) is 0 Å². The zero-order valence-electron chi connectivity index (χ0n) is 16.7. The second-order valence-electron chi connectivity index (χ2n) is 8.27. The fourth-order valence-electron chi connectivity index (χ4n) is 3.08. The van der Waals surface area contributed by atoms with Crippen molar-refractivity contribution in [3.05, 3.63) is 64.1 Å². The molecule has 4 rings (SSSR count). The van der Waals surface area contributed by atoms with Crippen LogP contribution in [0.15, 0.2) is 47.8 Å². The number of nitrogens with zero attached hydrogens (tertiary/aromatic N) is 2. The molecule has 1 aliphatic rings. The minimum absolute atomic E-state index is 0.140. The molecule has 2 N–H and O–H groups in total. The highest BCUT2D eigenvalue weighted by molar-refractivity contribution is 7.12. The largest absolute Gasteiger partial charge is 0.321 e. The SMILES string of the molecule is CC(C)(C)n1nc(C2CC2)cc1C(=O)Nc1ccc(NC(=O)c2cccs2)cc1. The Morgan fingerprint density at radius 1 is 1.03 bits per heavy atom. The highest BCUT2D eigenvalue weighted by Crippen LogP contribution is 2.40. The van der Waals surface area contributed by atoms with Crippen LogP contribution in [0.2, 0.25) is 0 Å². The average Bonchev–Trinajstić information content (AvgIpc) is 3.19. The van der Waals surface area contributed by atoms with Gasteiger partial charge in [-0.3, -0.25) is 14.3 Å². The zero-order valence-corrected chi connectivity index (χ0v) is 17.5. The molecule has 6 nitrogen and oxygen atoms in total. The van der Waals surface area contributed by atoms with Crippen LogP contribution >= 0.6 is 11.3 Å². The molecule has 3 aromatic rings. The second-order valence-corrected chi connectivity index (χ2v) is 9.22. The number of amides is 2. The van der Waals surface area contributed by atoms with Crippen molar-refractivity contribution >= 4 is 34.5 Å². The summed E-state index contributed by atoms with van der Waals surface area (Å²) in [6.45, 7) is 6.12.